The van der Waals surface area contributed by atoms with Crippen molar-refractivity contribution in [2.75, 3.05) is 13.1 Å². The summed E-state index contributed by atoms with van der Waals surface area (Å²) in [5, 5.41) is 3.79. The van der Waals surface area contributed by atoms with E-state index in [1.54, 1.807) is 0 Å². The summed E-state index contributed by atoms with van der Waals surface area (Å²) in [7, 11) is 0. The summed E-state index contributed by atoms with van der Waals surface area (Å²) in [5.74, 6) is 1.30. The van der Waals surface area contributed by atoms with Crippen molar-refractivity contribution in [3.05, 3.63) is 47.6 Å². The zero-order valence-corrected chi connectivity index (χ0v) is 10.5. The molecule has 0 unspecified atom stereocenters. The van der Waals surface area contributed by atoms with E-state index in [2.05, 4.69) is 27.2 Å². The predicted molar refractivity (Wildman–Crippen MR) is 68.6 cm³/mol. The molecule has 1 heterocycles. The van der Waals surface area contributed by atoms with E-state index in [0.717, 1.165) is 13.1 Å². The Bertz CT molecular complexity index is 469. The van der Waals surface area contributed by atoms with Crippen LogP contribution in [0.4, 0.5) is 0 Å². The van der Waals surface area contributed by atoms with Gasteiger partial charge < -0.3 is 10.3 Å². The number of aromatic nitrogens is 2. The van der Waals surface area contributed by atoms with E-state index in [4.69, 9.17) is 10.3 Å². The van der Waals surface area contributed by atoms with Gasteiger partial charge in [0.1, 0.15) is 0 Å². The summed E-state index contributed by atoms with van der Waals surface area (Å²) in [6, 6.07) is 10.3. The number of nitrogens with zero attached hydrogens (tertiary/aromatic N) is 3. The fourth-order valence-corrected chi connectivity index (χ4v) is 1.83. The second-order valence-electron chi connectivity index (χ2n) is 4.22. The minimum absolute atomic E-state index is 0.611. The number of benzene rings is 1. The number of rotatable bonds is 6. The highest BCUT2D eigenvalue weighted by molar-refractivity contribution is 5.14. The van der Waals surface area contributed by atoms with Gasteiger partial charge in [0.25, 0.3) is 0 Å². The van der Waals surface area contributed by atoms with Gasteiger partial charge in [0, 0.05) is 19.6 Å². The molecule has 0 aliphatic carbocycles. The number of aryl methyl sites for hydroxylation is 1. The van der Waals surface area contributed by atoms with Crippen LogP contribution < -0.4 is 5.73 Å². The molecule has 0 radical (unpaired) electrons. The molecule has 0 spiro atoms. The quantitative estimate of drug-likeness (QED) is 0.833. The molecule has 96 valence electrons. The molecular weight excluding hydrogens is 228 g/mol. The van der Waals surface area contributed by atoms with Crippen molar-refractivity contribution in [1.29, 1.82) is 0 Å². The summed E-state index contributed by atoms with van der Waals surface area (Å²) >= 11 is 0. The summed E-state index contributed by atoms with van der Waals surface area (Å²) in [6.45, 7) is 4.69. The Hall–Kier alpha value is -1.72. The summed E-state index contributed by atoms with van der Waals surface area (Å²) < 4.78 is 5.14. The Labute approximate surface area is 107 Å². The molecule has 2 aromatic rings. The minimum Gasteiger partial charge on any atom is -0.338 e. The molecule has 0 fully saturated rings. The zero-order valence-electron chi connectivity index (χ0n) is 10.5. The third-order valence-electron chi connectivity index (χ3n) is 2.62. The van der Waals surface area contributed by atoms with Gasteiger partial charge in [0.2, 0.25) is 5.89 Å². The first-order valence-electron chi connectivity index (χ1n) is 6.03. The molecule has 5 nitrogen and oxygen atoms in total. The molecule has 0 aliphatic rings. The lowest BCUT2D eigenvalue weighted by atomic mass is 10.2. The van der Waals surface area contributed by atoms with E-state index in [0.29, 0.717) is 24.8 Å². The maximum Gasteiger partial charge on any atom is 0.240 e. The van der Waals surface area contributed by atoms with Crippen LogP contribution in [0.1, 0.15) is 17.3 Å². The predicted octanol–water partition coefficient (Wildman–Crippen LogP) is 1.34. The SMILES string of the molecule is Cc1noc(CN(CCN)Cc2ccccc2)n1. The maximum absolute atomic E-state index is 5.63. The maximum atomic E-state index is 5.63. The van der Waals surface area contributed by atoms with Crippen molar-refractivity contribution in [3.63, 3.8) is 0 Å². The Morgan fingerprint density at radius 2 is 2.00 bits per heavy atom. The van der Waals surface area contributed by atoms with Crippen molar-refractivity contribution in [3.8, 4) is 0 Å². The Morgan fingerprint density at radius 1 is 1.22 bits per heavy atom. The van der Waals surface area contributed by atoms with Crippen LogP contribution in [0.15, 0.2) is 34.9 Å². The largest absolute Gasteiger partial charge is 0.338 e. The molecule has 5 heteroatoms. The standard InChI is InChI=1S/C13H18N4O/c1-11-15-13(18-16-11)10-17(8-7-14)9-12-5-3-2-4-6-12/h2-6H,7-10,14H2,1H3. The summed E-state index contributed by atoms with van der Waals surface area (Å²) in [5.41, 5.74) is 6.89. The first-order chi connectivity index (χ1) is 8.78. The molecule has 0 aliphatic heterocycles. The number of hydrogen-bond donors (Lipinski definition) is 1. The third kappa shape index (κ3) is 3.65. The molecule has 2 N–H and O–H groups in total. The van der Waals surface area contributed by atoms with Gasteiger partial charge in [-0.05, 0) is 12.5 Å². The van der Waals surface area contributed by atoms with Gasteiger partial charge in [-0.2, -0.15) is 4.98 Å². The first-order valence-corrected chi connectivity index (χ1v) is 6.03. The fourth-order valence-electron chi connectivity index (χ4n) is 1.83. The molecular formula is C13H18N4O. The highest BCUT2D eigenvalue weighted by atomic mass is 16.5. The molecule has 2 rings (SSSR count). The Morgan fingerprint density at radius 3 is 2.61 bits per heavy atom. The molecule has 0 saturated carbocycles. The van der Waals surface area contributed by atoms with Crippen LogP contribution in [0.3, 0.4) is 0 Å². The Balaban J connectivity index is 1.99. The second kappa shape index (κ2) is 6.28. The van der Waals surface area contributed by atoms with Gasteiger partial charge in [-0.15, -0.1) is 0 Å². The van der Waals surface area contributed by atoms with Crippen LogP contribution in [0, 0.1) is 6.92 Å². The van der Waals surface area contributed by atoms with Gasteiger partial charge in [-0.25, -0.2) is 0 Å². The van der Waals surface area contributed by atoms with Gasteiger partial charge >= 0.3 is 0 Å². The van der Waals surface area contributed by atoms with Crippen LogP contribution in [-0.4, -0.2) is 28.1 Å². The van der Waals surface area contributed by atoms with Gasteiger partial charge in [0.15, 0.2) is 5.82 Å². The molecule has 0 atom stereocenters. The normalized spacial score (nSPS) is 11.1. The van der Waals surface area contributed by atoms with E-state index in [1.165, 1.54) is 5.56 Å². The van der Waals surface area contributed by atoms with Crippen molar-refractivity contribution in [2.45, 2.75) is 20.0 Å². The van der Waals surface area contributed by atoms with Crippen molar-refractivity contribution in [1.82, 2.24) is 15.0 Å². The molecule has 18 heavy (non-hydrogen) atoms. The molecule has 1 aromatic carbocycles. The van der Waals surface area contributed by atoms with Gasteiger partial charge in [0.05, 0.1) is 6.54 Å². The lowest BCUT2D eigenvalue weighted by molar-refractivity contribution is 0.224. The average Bonchev–Trinajstić information content (AvgIpc) is 2.76. The highest BCUT2D eigenvalue weighted by Crippen LogP contribution is 2.08. The molecule has 0 amide bonds. The van der Waals surface area contributed by atoms with E-state index in [1.807, 2.05) is 25.1 Å². The topological polar surface area (TPSA) is 68.2 Å². The first kappa shape index (κ1) is 12.7. The third-order valence-corrected chi connectivity index (χ3v) is 2.62. The van der Waals surface area contributed by atoms with Crippen LogP contribution in [0.2, 0.25) is 0 Å². The fraction of sp³-hybridized carbons (Fsp3) is 0.385. The summed E-state index contributed by atoms with van der Waals surface area (Å²) in [4.78, 5) is 6.41. The number of hydrogen-bond acceptors (Lipinski definition) is 5. The smallest absolute Gasteiger partial charge is 0.240 e. The minimum atomic E-state index is 0.611. The van der Waals surface area contributed by atoms with E-state index < -0.39 is 0 Å². The van der Waals surface area contributed by atoms with Crippen LogP contribution in [0.25, 0.3) is 0 Å². The second-order valence-corrected chi connectivity index (χ2v) is 4.22. The van der Waals surface area contributed by atoms with E-state index in [-0.39, 0.29) is 0 Å². The van der Waals surface area contributed by atoms with E-state index >= 15 is 0 Å². The van der Waals surface area contributed by atoms with Crippen molar-refractivity contribution < 1.29 is 4.52 Å². The average molecular weight is 246 g/mol. The lowest BCUT2D eigenvalue weighted by Crippen LogP contribution is -2.28. The van der Waals surface area contributed by atoms with Crippen molar-refractivity contribution in [2.24, 2.45) is 5.73 Å². The molecule has 0 bridgehead atoms. The van der Waals surface area contributed by atoms with Gasteiger partial charge in [-0.3, -0.25) is 4.90 Å². The highest BCUT2D eigenvalue weighted by Gasteiger charge is 2.10. The van der Waals surface area contributed by atoms with Crippen LogP contribution >= 0.6 is 0 Å². The molecule has 0 saturated heterocycles. The van der Waals surface area contributed by atoms with Crippen LogP contribution in [-0.2, 0) is 13.1 Å². The Kier molecular flexibility index (Phi) is 4.44. The van der Waals surface area contributed by atoms with Crippen LogP contribution in [0.5, 0.6) is 0 Å². The number of nitrogens with two attached hydrogens (primary N) is 1. The lowest BCUT2D eigenvalue weighted by Gasteiger charge is -2.19. The van der Waals surface area contributed by atoms with E-state index in [9.17, 15) is 0 Å². The van der Waals surface area contributed by atoms with Crippen molar-refractivity contribution >= 4 is 0 Å². The monoisotopic (exact) mass is 246 g/mol. The zero-order chi connectivity index (χ0) is 12.8. The van der Waals surface area contributed by atoms with Gasteiger partial charge in [-0.1, -0.05) is 35.5 Å². The molecule has 1 aromatic heterocycles. The summed E-state index contributed by atoms with van der Waals surface area (Å²) in [6.07, 6.45) is 0.